The van der Waals surface area contributed by atoms with Crippen LogP contribution in [0.4, 0.5) is 23.5 Å². The van der Waals surface area contributed by atoms with E-state index in [1.165, 1.54) is 12.1 Å². The van der Waals surface area contributed by atoms with Gasteiger partial charge in [0.05, 0.1) is 24.5 Å². The number of aromatic nitrogens is 3. The smallest absolute Gasteiger partial charge is 0.335 e. The van der Waals surface area contributed by atoms with Crippen molar-refractivity contribution in [3.8, 4) is 0 Å². The molecule has 0 unspecified atom stereocenters. The first-order chi connectivity index (χ1) is 16.7. The second-order valence-corrected chi connectivity index (χ2v) is 9.60. The third kappa shape index (κ3) is 9.24. The van der Waals surface area contributed by atoms with Gasteiger partial charge in [0.2, 0.25) is 27.9 Å². The summed E-state index contributed by atoms with van der Waals surface area (Å²) in [5, 5.41) is 33.8. The highest BCUT2D eigenvalue weighted by atomic mass is 32.2. The van der Waals surface area contributed by atoms with Crippen LogP contribution >= 0.6 is 0 Å². The molecule has 0 saturated heterocycles. The van der Waals surface area contributed by atoms with E-state index in [9.17, 15) is 18.3 Å². The molecule has 1 heterocycles. The van der Waals surface area contributed by atoms with Gasteiger partial charge in [-0.2, -0.15) is 15.0 Å². The van der Waals surface area contributed by atoms with Gasteiger partial charge in [0.15, 0.2) is 0 Å². The molecule has 0 aliphatic carbocycles. The van der Waals surface area contributed by atoms with Crippen LogP contribution in [0.2, 0.25) is 0 Å². The fourth-order valence-electron chi connectivity index (χ4n) is 3.04. The van der Waals surface area contributed by atoms with E-state index in [1.54, 1.807) is 17.9 Å². The molecule has 0 fully saturated rings. The van der Waals surface area contributed by atoms with Crippen molar-refractivity contribution in [1.82, 2.24) is 19.7 Å². The molecule has 0 amide bonds. The van der Waals surface area contributed by atoms with Crippen LogP contribution in [-0.2, 0) is 10.0 Å². The second-order valence-electron chi connectivity index (χ2n) is 7.67. The molecule has 0 atom stereocenters. The summed E-state index contributed by atoms with van der Waals surface area (Å²) in [4.78, 5) is 25.8. The first-order valence-corrected chi connectivity index (χ1v) is 12.9. The molecular formula is C21H33N7O6S. The number of rotatable bonds is 16. The molecule has 1 aromatic carbocycles. The molecule has 0 radical (unpaired) electrons. The molecule has 13 nitrogen and oxygen atoms in total. The maximum atomic E-state index is 12.1. The highest BCUT2D eigenvalue weighted by Gasteiger charge is 2.16. The zero-order valence-corrected chi connectivity index (χ0v) is 20.7. The summed E-state index contributed by atoms with van der Waals surface area (Å²) in [6, 6.07) is 4.56. The van der Waals surface area contributed by atoms with Gasteiger partial charge in [0, 0.05) is 31.9 Å². The fourth-order valence-corrected chi connectivity index (χ4v) is 4.26. The standard InChI is InChI=1S/C21H33N7O6S/c1-3-4-13-35(33,34)23-7-9-28(10-12-30)21-26-19(22-8-11-29)25-20(27-21)24-17-6-5-16(18(31)32)14-15(17)2/h5-6,14,23,29-30H,3-4,7-13H2,1-2H3,(H,31,32)(H2,22,24,25,26,27). The molecule has 0 saturated carbocycles. The van der Waals surface area contributed by atoms with E-state index in [0.29, 0.717) is 17.7 Å². The normalized spacial score (nSPS) is 11.3. The van der Waals surface area contributed by atoms with Crippen molar-refractivity contribution in [3.05, 3.63) is 29.3 Å². The minimum absolute atomic E-state index is 0.0403. The predicted molar refractivity (Wildman–Crippen MR) is 133 cm³/mol. The largest absolute Gasteiger partial charge is 0.478 e. The van der Waals surface area contributed by atoms with Gasteiger partial charge in [-0.1, -0.05) is 13.3 Å². The molecule has 1 aromatic heterocycles. The Bertz CT molecular complexity index is 1080. The number of hydrogen-bond acceptors (Lipinski definition) is 11. The summed E-state index contributed by atoms with van der Waals surface area (Å²) >= 11 is 0. The first-order valence-electron chi connectivity index (χ1n) is 11.2. The zero-order chi connectivity index (χ0) is 25.8. The van der Waals surface area contributed by atoms with Crippen LogP contribution in [0.1, 0.15) is 35.7 Å². The van der Waals surface area contributed by atoms with Crippen LogP contribution in [0.3, 0.4) is 0 Å². The van der Waals surface area contributed by atoms with Gasteiger partial charge in [-0.3, -0.25) is 0 Å². The van der Waals surface area contributed by atoms with E-state index >= 15 is 0 Å². The van der Waals surface area contributed by atoms with Gasteiger partial charge < -0.3 is 30.9 Å². The van der Waals surface area contributed by atoms with Crippen molar-refractivity contribution >= 4 is 39.5 Å². The maximum Gasteiger partial charge on any atom is 0.335 e. The summed E-state index contributed by atoms with van der Waals surface area (Å²) in [7, 11) is -3.41. The molecule has 194 valence electrons. The monoisotopic (exact) mass is 511 g/mol. The number of aromatic carboxylic acids is 1. The molecular weight excluding hydrogens is 478 g/mol. The number of carboxylic acid groups (broad SMARTS) is 1. The number of aliphatic hydroxyl groups excluding tert-OH is 2. The van der Waals surface area contributed by atoms with E-state index in [1.807, 2.05) is 6.92 Å². The molecule has 0 aliphatic heterocycles. The van der Waals surface area contributed by atoms with E-state index in [-0.39, 0.29) is 68.6 Å². The summed E-state index contributed by atoms with van der Waals surface area (Å²) < 4.78 is 26.7. The number of carboxylic acids is 1. The fraction of sp³-hybridized carbons (Fsp3) is 0.524. The van der Waals surface area contributed by atoms with E-state index in [4.69, 9.17) is 10.2 Å². The van der Waals surface area contributed by atoms with Crippen molar-refractivity contribution in [1.29, 1.82) is 0 Å². The highest BCUT2D eigenvalue weighted by molar-refractivity contribution is 7.89. The number of carbonyl (C=O) groups is 1. The minimum Gasteiger partial charge on any atom is -0.478 e. The minimum atomic E-state index is -3.41. The van der Waals surface area contributed by atoms with Gasteiger partial charge in [-0.15, -0.1) is 0 Å². The van der Waals surface area contributed by atoms with Crippen LogP contribution in [0.5, 0.6) is 0 Å². The lowest BCUT2D eigenvalue weighted by Gasteiger charge is -2.23. The maximum absolute atomic E-state index is 12.1. The molecule has 0 spiro atoms. The third-order valence-corrected chi connectivity index (χ3v) is 6.33. The van der Waals surface area contributed by atoms with Crippen LogP contribution in [0, 0.1) is 6.92 Å². The molecule has 14 heteroatoms. The Morgan fingerprint density at radius 1 is 1.06 bits per heavy atom. The number of nitrogens with one attached hydrogen (secondary N) is 3. The van der Waals surface area contributed by atoms with Crippen molar-refractivity contribution in [2.75, 3.05) is 60.7 Å². The van der Waals surface area contributed by atoms with Crippen LogP contribution in [0.15, 0.2) is 18.2 Å². The number of sulfonamides is 1. The Balaban J connectivity index is 2.27. The summed E-state index contributed by atoms with van der Waals surface area (Å²) in [6.07, 6.45) is 1.32. The number of aliphatic hydroxyl groups is 2. The van der Waals surface area contributed by atoms with Crippen LogP contribution in [-0.4, -0.2) is 89.8 Å². The third-order valence-electron chi connectivity index (χ3n) is 4.86. The number of nitrogens with zero attached hydrogens (tertiary/aromatic N) is 4. The predicted octanol–water partition coefficient (Wildman–Crippen LogP) is 0.544. The lowest BCUT2D eigenvalue weighted by Crippen LogP contribution is -2.38. The van der Waals surface area contributed by atoms with Crippen molar-refractivity contribution < 1.29 is 28.5 Å². The Labute approximate surface area is 204 Å². The van der Waals surface area contributed by atoms with Gasteiger partial charge in [-0.25, -0.2) is 17.9 Å². The summed E-state index contributed by atoms with van der Waals surface area (Å²) in [5.41, 5.74) is 1.38. The topological polar surface area (TPSA) is 190 Å². The SMILES string of the molecule is CCCCS(=O)(=O)NCCN(CCO)c1nc(NCCO)nc(Nc2ccc(C(=O)O)cc2C)n1. The lowest BCUT2D eigenvalue weighted by molar-refractivity contribution is 0.0696. The molecule has 35 heavy (non-hydrogen) atoms. The summed E-state index contributed by atoms with van der Waals surface area (Å²) in [5.74, 6) is -0.503. The average Bonchev–Trinajstić information content (AvgIpc) is 2.82. The molecule has 0 bridgehead atoms. The van der Waals surface area contributed by atoms with E-state index in [2.05, 4.69) is 30.3 Å². The van der Waals surface area contributed by atoms with E-state index in [0.717, 1.165) is 6.42 Å². The van der Waals surface area contributed by atoms with Crippen molar-refractivity contribution in [3.63, 3.8) is 0 Å². The quantitative estimate of drug-likeness (QED) is 0.184. The second kappa shape index (κ2) is 13.7. The Kier molecular flexibility index (Phi) is 11.0. The zero-order valence-electron chi connectivity index (χ0n) is 19.9. The van der Waals surface area contributed by atoms with Crippen LogP contribution < -0.4 is 20.3 Å². The van der Waals surface area contributed by atoms with Gasteiger partial charge in [0.1, 0.15) is 0 Å². The van der Waals surface area contributed by atoms with Crippen LogP contribution in [0.25, 0.3) is 0 Å². The number of hydrogen-bond donors (Lipinski definition) is 6. The lowest BCUT2D eigenvalue weighted by atomic mass is 10.1. The van der Waals surface area contributed by atoms with Gasteiger partial charge in [-0.05, 0) is 37.1 Å². The first kappa shape index (κ1) is 28.2. The Morgan fingerprint density at radius 3 is 2.43 bits per heavy atom. The number of aryl methyl sites for hydroxylation is 1. The Hall–Kier alpha value is -3.07. The van der Waals surface area contributed by atoms with Gasteiger partial charge >= 0.3 is 5.97 Å². The Morgan fingerprint density at radius 2 is 1.80 bits per heavy atom. The highest BCUT2D eigenvalue weighted by Crippen LogP contribution is 2.22. The molecule has 2 aromatic rings. The van der Waals surface area contributed by atoms with Gasteiger partial charge in [0.25, 0.3) is 0 Å². The number of benzene rings is 1. The van der Waals surface area contributed by atoms with Crippen molar-refractivity contribution in [2.24, 2.45) is 0 Å². The molecule has 0 aliphatic rings. The number of anilines is 4. The van der Waals surface area contributed by atoms with Crippen molar-refractivity contribution in [2.45, 2.75) is 26.7 Å². The average molecular weight is 512 g/mol. The number of unbranched alkanes of at least 4 members (excludes halogenated alkanes) is 1. The summed E-state index contributed by atoms with van der Waals surface area (Å²) in [6.45, 7) is 3.90. The van der Waals surface area contributed by atoms with E-state index < -0.39 is 16.0 Å². The molecule has 2 rings (SSSR count). The molecule has 6 N–H and O–H groups in total.